The molecule has 15 heavy (non-hydrogen) atoms. The molecule has 0 spiro atoms. The van der Waals surface area contributed by atoms with Crippen LogP contribution in [0.25, 0.3) is 0 Å². The van der Waals surface area contributed by atoms with Gasteiger partial charge < -0.3 is 0 Å². The molecule has 0 radical (unpaired) electrons. The van der Waals surface area contributed by atoms with Gasteiger partial charge >= 0.3 is 0 Å². The van der Waals surface area contributed by atoms with Gasteiger partial charge in [-0.1, -0.05) is 25.1 Å². The molecule has 0 amide bonds. The zero-order chi connectivity index (χ0) is 11.3. The van der Waals surface area contributed by atoms with Gasteiger partial charge in [0.25, 0.3) is 0 Å². The van der Waals surface area contributed by atoms with Gasteiger partial charge in [-0.25, -0.2) is 0 Å². The van der Waals surface area contributed by atoms with Crippen LogP contribution in [-0.2, 0) is 0 Å². The van der Waals surface area contributed by atoms with Gasteiger partial charge in [0.05, 0.1) is 19.1 Å². The molecule has 0 N–H and O–H groups in total. The Labute approximate surface area is 94.3 Å². The number of rotatable bonds is 5. The summed E-state index contributed by atoms with van der Waals surface area (Å²) in [5, 5.41) is 0. The smallest absolute Gasteiger partial charge is 0.133 e. The van der Waals surface area contributed by atoms with Crippen LogP contribution in [0.15, 0.2) is 30.3 Å². The van der Waals surface area contributed by atoms with E-state index in [-0.39, 0.29) is 0 Å². The summed E-state index contributed by atoms with van der Waals surface area (Å²) in [6.07, 6.45) is 1.23. The molecular weight excluding hydrogens is 182 g/mol. The molecule has 0 aromatic heterocycles. The van der Waals surface area contributed by atoms with Gasteiger partial charge in [-0.05, 0) is 39.3 Å². The van der Waals surface area contributed by atoms with Crippen LogP contribution in [0.2, 0.25) is 0 Å². The standard InChI is InChI=1S/C14H24N/c1-5-13(4)15(6-2,7-3)14-11-9-8-10-12-14/h8-13H,5-7H2,1-4H3/q+1. The van der Waals surface area contributed by atoms with Crippen LogP contribution in [-0.4, -0.2) is 19.1 Å². The van der Waals surface area contributed by atoms with E-state index in [0.717, 1.165) is 4.48 Å². The molecule has 0 aliphatic carbocycles. The molecule has 1 aromatic carbocycles. The Morgan fingerprint density at radius 3 is 1.93 bits per heavy atom. The third kappa shape index (κ3) is 2.23. The minimum Gasteiger partial charge on any atom is -0.289 e. The molecule has 0 fully saturated rings. The van der Waals surface area contributed by atoms with Crippen molar-refractivity contribution in [1.29, 1.82) is 0 Å². The summed E-state index contributed by atoms with van der Waals surface area (Å²) in [4.78, 5) is 0. The van der Waals surface area contributed by atoms with Gasteiger partial charge in [-0.15, -0.1) is 0 Å². The summed E-state index contributed by atoms with van der Waals surface area (Å²) in [5.74, 6) is 0. The van der Waals surface area contributed by atoms with E-state index in [9.17, 15) is 0 Å². The maximum atomic E-state index is 2.36. The third-order valence-electron chi connectivity index (χ3n) is 3.83. The number of para-hydroxylation sites is 1. The monoisotopic (exact) mass is 206 g/mol. The van der Waals surface area contributed by atoms with Crippen molar-refractivity contribution in [2.24, 2.45) is 0 Å². The van der Waals surface area contributed by atoms with Crippen molar-refractivity contribution < 1.29 is 0 Å². The average molecular weight is 206 g/mol. The topological polar surface area (TPSA) is 0 Å². The third-order valence-corrected chi connectivity index (χ3v) is 3.83. The number of nitrogens with zero attached hydrogens (tertiary/aromatic N) is 1. The molecule has 1 nitrogen and oxygen atoms in total. The van der Waals surface area contributed by atoms with Crippen molar-refractivity contribution in [1.82, 2.24) is 4.48 Å². The molecule has 0 heterocycles. The highest BCUT2D eigenvalue weighted by atomic mass is 15.4. The molecule has 84 valence electrons. The van der Waals surface area contributed by atoms with Crippen LogP contribution in [0.1, 0.15) is 34.1 Å². The van der Waals surface area contributed by atoms with Crippen LogP contribution < -0.4 is 4.48 Å². The molecule has 1 heteroatoms. The molecule has 1 unspecified atom stereocenters. The first-order valence-electron chi connectivity index (χ1n) is 6.13. The van der Waals surface area contributed by atoms with Gasteiger partial charge in [0.2, 0.25) is 0 Å². The van der Waals surface area contributed by atoms with Crippen LogP contribution in [0, 0.1) is 0 Å². The van der Waals surface area contributed by atoms with Crippen LogP contribution in [0.3, 0.4) is 0 Å². The molecule has 1 atom stereocenters. The van der Waals surface area contributed by atoms with Crippen molar-refractivity contribution in [3.05, 3.63) is 30.3 Å². The van der Waals surface area contributed by atoms with Gasteiger partial charge in [-0.3, -0.25) is 4.48 Å². The summed E-state index contributed by atoms with van der Waals surface area (Å²) in [6.45, 7) is 11.6. The van der Waals surface area contributed by atoms with E-state index >= 15 is 0 Å². The maximum absolute atomic E-state index is 2.36. The highest BCUT2D eigenvalue weighted by Crippen LogP contribution is 2.27. The molecule has 0 saturated carbocycles. The molecule has 1 rings (SSSR count). The summed E-state index contributed by atoms with van der Waals surface area (Å²) in [5.41, 5.74) is 1.46. The van der Waals surface area contributed by atoms with Crippen LogP contribution in [0.5, 0.6) is 0 Å². The fraction of sp³-hybridized carbons (Fsp3) is 0.571. The number of quaternary nitrogens is 1. The largest absolute Gasteiger partial charge is 0.289 e. The molecule has 1 aromatic rings. The Morgan fingerprint density at radius 2 is 1.53 bits per heavy atom. The van der Waals surface area contributed by atoms with Crippen molar-refractivity contribution in [3.63, 3.8) is 0 Å². The summed E-state index contributed by atoms with van der Waals surface area (Å²) >= 11 is 0. The second-order valence-electron chi connectivity index (χ2n) is 4.26. The van der Waals surface area contributed by atoms with Crippen LogP contribution in [0.4, 0.5) is 5.69 Å². The molecule has 0 aliphatic heterocycles. The van der Waals surface area contributed by atoms with E-state index in [1.807, 2.05) is 0 Å². The molecule has 0 bridgehead atoms. The summed E-state index contributed by atoms with van der Waals surface area (Å²) in [6, 6.07) is 11.6. The highest BCUT2D eigenvalue weighted by Gasteiger charge is 2.31. The van der Waals surface area contributed by atoms with E-state index in [4.69, 9.17) is 0 Å². The van der Waals surface area contributed by atoms with E-state index in [1.165, 1.54) is 25.2 Å². The van der Waals surface area contributed by atoms with Gasteiger partial charge in [0.15, 0.2) is 0 Å². The van der Waals surface area contributed by atoms with Gasteiger partial charge in [0, 0.05) is 0 Å². The van der Waals surface area contributed by atoms with Crippen molar-refractivity contribution >= 4 is 5.69 Å². The Bertz CT molecular complexity index is 275. The van der Waals surface area contributed by atoms with E-state index in [0.29, 0.717) is 6.04 Å². The van der Waals surface area contributed by atoms with Crippen LogP contribution >= 0.6 is 0 Å². The number of benzene rings is 1. The Kier molecular flexibility index (Phi) is 4.34. The fourth-order valence-corrected chi connectivity index (χ4v) is 2.54. The van der Waals surface area contributed by atoms with Crippen molar-refractivity contribution in [2.75, 3.05) is 13.1 Å². The first-order chi connectivity index (χ1) is 7.21. The minimum absolute atomic E-state index is 0.697. The average Bonchev–Trinajstić information content (AvgIpc) is 2.32. The van der Waals surface area contributed by atoms with Gasteiger partial charge in [0.1, 0.15) is 5.69 Å². The second kappa shape index (κ2) is 5.32. The first-order valence-corrected chi connectivity index (χ1v) is 6.13. The zero-order valence-electron chi connectivity index (χ0n) is 10.5. The van der Waals surface area contributed by atoms with E-state index < -0.39 is 0 Å². The van der Waals surface area contributed by atoms with Crippen molar-refractivity contribution in [3.8, 4) is 0 Å². The fourth-order valence-electron chi connectivity index (χ4n) is 2.54. The highest BCUT2D eigenvalue weighted by molar-refractivity contribution is 5.43. The predicted octanol–water partition coefficient (Wildman–Crippen LogP) is 3.83. The van der Waals surface area contributed by atoms with E-state index in [1.54, 1.807) is 0 Å². The Hall–Kier alpha value is -0.820. The predicted molar refractivity (Wildman–Crippen MR) is 69.1 cm³/mol. The Morgan fingerprint density at radius 1 is 1.00 bits per heavy atom. The Balaban J connectivity index is 3.11. The van der Waals surface area contributed by atoms with Gasteiger partial charge in [-0.2, -0.15) is 0 Å². The number of hydrogen-bond donors (Lipinski definition) is 0. The normalized spacial score (nSPS) is 13.9. The lowest BCUT2D eigenvalue weighted by atomic mass is 10.1. The SMILES string of the molecule is CCC(C)[N+](CC)(CC)c1ccccc1. The zero-order valence-corrected chi connectivity index (χ0v) is 10.5. The summed E-state index contributed by atoms with van der Waals surface area (Å²) in [7, 11) is 0. The second-order valence-corrected chi connectivity index (χ2v) is 4.26. The molecule has 0 aliphatic rings. The molecule has 0 saturated heterocycles. The summed E-state index contributed by atoms with van der Waals surface area (Å²) < 4.78 is 1.11. The molecular formula is C14H24N+. The minimum atomic E-state index is 0.697. The van der Waals surface area contributed by atoms with E-state index in [2.05, 4.69) is 58.0 Å². The quantitative estimate of drug-likeness (QED) is 0.642. The lowest BCUT2D eigenvalue weighted by Crippen LogP contribution is -2.55. The lowest BCUT2D eigenvalue weighted by Gasteiger charge is -2.41. The number of hydrogen-bond acceptors (Lipinski definition) is 0. The first kappa shape index (κ1) is 12.3. The lowest BCUT2D eigenvalue weighted by molar-refractivity contribution is 0.226. The maximum Gasteiger partial charge on any atom is 0.133 e. The van der Waals surface area contributed by atoms with Crippen molar-refractivity contribution in [2.45, 2.75) is 40.2 Å².